The molecule has 0 atom stereocenters. The Morgan fingerprint density at radius 2 is 2.00 bits per heavy atom. The second kappa shape index (κ2) is 6.35. The minimum absolute atomic E-state index is 0.0276. The fourth-order valence-corrected chi connectivity index (χ4v) is 3.09. The Kier molecular flexibility index (Phi) is 4.53. The van der Waals surface area contributed by atoms with Crippen LogP contribution in [0.5, 0.6) is 0 Å². The van der Waals surface area contributed by atoms with Gasteiger partial charge in [0.25, 0.3) is 0 Å². The smallest absolute Gasteiger partial charge is 0.159 e. The number of piperidine rings is 1. The van der Waals surface area contributed by atoms with Crippen LogP contribution in [-0.2, 0) is 9.47 Å². The number of hydrogen-bond donors (Lipinski definition) is 0. The minimum Gasteiger partial charge on any atom is -0.350 e. The van der Waals surface area contributed by atoms with E-state index in [1.165, 1.54) is 12.8 Å². The summed E-state index contributed by atoms with van der Waals surface area (Å²) in [6.45, 7) is 4.84. The van der Waals surface area contributed by atoms with Crippen LogP contribution in [0, 0.1) is 0 Å². The van der Waals surface area contributed by atoms with Crippen molar-refractivity contribution in [3.63, 3.8) is 0 Å². The van der Waals surface area contributed by atoms with Gasteiger partial charge in [-0.1, -0.05) is 0 Å². The van der Waals surface area contributed by atoms with Crippen molar-refractivity contribution in [2.24, 2.45) is 0 Å². The summed E-state index contributed by atoms with van der Waals surface area (Å²) in [4.78, 5) is 2.50. The molecule has 1 aromatic rings. The fourth-order valence-electron chi connectivity index (χ4n) is 2.78. The highest BCUT2D eigenvalue weighted by Gasteiger charge is 2.23. The highest BCUT2D eigenvalue weighted by Crippen LogP contribution is 2.23. The predicted molar refractivity (Wildman–Crippen MR) is 74.9 cm³/mol. The summed E-state index contributed by atoms with van der Waals surface area (Å²) in [5, 5.41) is 4.38. The third-order valence-corrected chi connectivity index (χ3v) is 4.28. The summed E-state index contributed by atoms with van der Waals surface area (Å²) in [7, 11) is 0. The van der Waals surface area contributed by atoms with E-state index in [2.05, 4.69) is 36.8 Å². The third kappa shape index (κ3) is 3.56. The van der Waals surface area contributed by atoms with Crippen molar-refractivity contribution in [3.8, 4) is 0 Å². The van der Waals surface area contributed by atoms with Crippen molar-refractivity contribution in [2.45, 2.75) is 31.6 Å². The van der Waals surface area contributed by atoms with E-state index in [1.54, 1.807) is 0 Å². The molecule has 19 heavy (non-hydrogen) atoms. The van der Waals surface area contributed by atoms with E-state index in [-0.39, 0.29) is 6.29 Å². The number of likely N-dealkylation sites (tertiary alicyclic amines) is 1. The predicted octanol–water partition coefficient (Wildman–Crippen LogP) is 2.05. The van der Waals surface area contributed by atoms with Gasteiger partial charge < -0.3 is 14.4 Å². The lowest BCUT2D eigenvalue weighted by molar-refractivity contribution is -0.0526. The molecule has 6 heteroatoms. The first-order chi connectivity index (χ1) is 9.31. The van der Waals surface area contributed by atoms with Crippen LogP contribution in [-0.4, -0.2) is 53.8 Å². The van der Waals surface area contributed by atoms with Gasteiger partial charge >= 0.3 is 0 Å². The molecule has 0 N–H and O–H groups in total. The lowest BCUT2D eigenvalue weighted by atomic mass is 10.1. The van der Waals surface area contributed by atoms with Gasteiger partial charge in [-0.05, 0) is 28.8 Å². The van der Waals surface area contributed by atoms with Crippen LogP contribution in [0.4, 0.5) is 0 Å². The molecule has 0 saturated carbocycles. The lowest BCUT2D eigenvalue weighted by Gasteiger charge is -2.32. The summed E-state index contributed by atoms with van der Waals surface area (Å²) >= 11 is 3.45. The first kappa shape index (κ1) is 13.5. The summed E-state index contributed by atoms with van der Waals surface area (Å²) in [6, 6.07) is 0.543. The zero-order chi connectivity index (χ0) is 13.1. The van der Waals surface area contributed by atoms with Crippen molar-refractivity contribution >= 4 is 15.9 Å². The number of ether oxygens (including phenoxy) is 2. The Labute approximate surface area is 122 Å². The minimum atomic E-state index is 0.0276. The largest absolute Gasteiger partial charge is 0.350 e. The summed E-state index contributed by atoms with van der Waals surface area (Å²) in [5.74, 6) is 0. The fraction of sp³-hybridized carbons (Fsp3) is 0.769. The van der Waals surface area contributed by atoms with Gasteiger partial charge in [0.2, 0.25) is 0 Å². The van der Waals surface area contributed by atoms with Gasteiger partial charge in [-0.2, -0.15) is 5.10 Å². The molecule has 1 aromatic heterocycles. The van der Waals surface area contributed by atoms with Crippen molar-refractivity contribution < 1.29 is 9.47 Å². The number of halogens is 1. The van der Waals surface area contributed by atoms with Gasteiger partial charge in [0.05, 0.1) is 29.9 Å². The molecule has 0 bridgehead atoms. The molecule has 0 radical (unpaired) electrons. The quantitative estimate of drug-likeness (QED) is 0.847. The van der Waals surface area contributed by atoms with Crippen LogP contribution in [0.15, 0.2) is 16.9 Å². The van der Waals surface area contributed by atoms with E-state index in [0.717, 1.165) is 43.7 Å². The second-order valence-corrected chi connectivity index (χ2v) is 6.09. The number of rotatable bonds is 4. The molecular formula is C13H20BrN3O2. The van der Waals surface area contributed by atoms with Crippen LogP contribution in [0.1, 0.15) is 25.3 Å². The number of hydrogen-bond acceptors (Lipinski definition) is 4. The van der Waals surface area contributed by atoms with Crippen molar-refractivity contribution in [3.05, 3.63) is 16.9 Å². The van der Waals surface area contributed by atoms with Crippen molar-refractivity contribution in [1.82, 2.24) is 14.7 Å². The summed E-state index contributed by atoms with van der Waals surface area (Å²) in [6.07, 6.45) is 7.28. The standard InChI is InChI=1S/C13H20BrN3O2/c14-11-9-15-17(10-11)12-1-4-16(5-2-12)6-3-13-18-7-8-19-13/h9-10,12-13H,1-8H2. The molecule has 0 unspecified atom stereocenters. The first-order valence-corrected chi connectivity index (χ1v) is 7.76. The van der Waals surface area contributed by atoms with Crippen LogP contribution >= 0.6 is 15.9 Å². The molecule has 0 aromatic carbocycles. The Balaban J connectivity index is 1.41. The maximum absolute atomic E-state index is 5.47. The van der Waals surface area contributed by atoms with E-state index in [4.69, 9.17) is 9.47 Å². The van der Waals surface area contributed by atoms with Gasteiger partial charge in [0, 0.05) is 32.3 Å². The maximum Gasteiger partial charge on any atom is 0.159 e. The van der Waals surface area contributed by atoms with Crippen LogP contribution in [0.2, 0.25) is 0 Å². The van der Waals surface area contributed by atoms with Gasteiger partial charge in [0.15, 0.2) is 6.29 Å². The molecule has 5 nitrogen and oxygen atoms in total. The third-order valence-electron chi connectivity index (χ3n) is 3.87. The monoisotopic (exact) mass is 329 g/mol. The van der Waals surface area contributed by atoms with Gasteiger partial charge in [-0.15, -0.1) is 0 Å². The highest BCUT2D eigenvalue weighted by atomic mass is 79.9. The van der Waals surface area contributed by atoms with Crippen LogP contribution in [0.3, 0.4) is 0 Å². The normalized spacial score (nSPS) is 23.2. The Morgan fingerprint density at radius 3 is 2.63 bits per heavy atom. The molecule has 3 rings (SSSR count). The lowest BCUT2D eigenvalue weighted by Crippen LogP contribution is -2.36. The summed E-state index contributed by atoms with van der Waals surface area (Å²) in [5.41, 5.74) is 0. The molecule has 0 amide bonds. The van der Waals surface area contributed by atoms with E-state index in [0.29, 0.717) is 6.04 Å². The molecule has 0 spiro atoms. The maximum atomic E-state index is 5.47. The van der Waals surface area contributed by atoms with E-state index < -0.39 is 0 Å². The molecule has 0 aliphatic carbocycles. The van der Waals surface area contributed by atoms with Gasteiger partial charge in [-0.3, -0.25) is 4.68 Å². The molecule has 2 saturated heterocycles. The van der Waals surface area contributed by atoms with Crippen LogP contribution < -0.4 is 0 Å². The topological polar surface area (TPSA) is 39.5 Å². The summed E-state index contributed by atoms with van der Waals surface area (Å²) < 4.78 is 14.1. The van der Waals surface area contributed by atoms with Gasteiger partial charge in [0.1, 0.15) is 0 Å². The molecule has 106 valence electrons. The average molecular weight is 330 g/mol. The zero-order valence-corrected chi connectivity index (χ0v) is 12.6. The van der Waals surface area contributed by atoms with Crippen LogP contribution in [0.25, 0.3) is 0 Å². The molecule has 2 aliphatic heterocycles. The Hall–Kier alpha value is -0.430. The second-order valence-electron chi connectivity index (χ2n) is 5.17. The van der Waals surface area contributed by atoms with Gasteiger partial charge in [-0.25, -0.2) is 0 Å². The molecular weight excluding hydrogens is 310 g/mol. The first-order valence-electron chi connectivity index (χ1n) is 6.96. The highest BCUT2D eigenvalue weighted by molar-refractivity contribution is 9.10. The number of aromatic nitrogens is 2. The Morgan fingerprint density at radius 1 is 1.26 bits per heavy atom. The molecule has 3 heterocycles. The van der Waals surface area contributed by atoms with Crippen molar-refractivity contribution in [1.29, 1.82) is 0 Å². The number of nitrogens with zero attached hydrogens (tertiary/aromatic N) is 3. The molecule has 2 aliphatic rings. The Bertz CT molecular complexity index is 398. The van der Waals surface area contributed by atoms with Crippen molar-refractivity contribution in [2.75, 3.05) is 32.8 Å². The molecule has 2 fully saturated rings. The SMILES string of the molecule is Brc1cnn(C2CCN(CCC3OCCO3)CC2)c1. The van der Waals surface area contributed by atoms with E-state index >= 15 is 0 Å². The van der Waals surface area contributed by atoms with E-state index in [1.807, 2.05) is 6.20 Å². The zero-order valence-electron chi connectivity index (χ0n) is 11.0. The van der Waals surface area contributed by atoms with E-state index in [9.17, 15) is 0 Å². The average Bonchev–Trinajstić information content (AvgIpc) is 3.08.